The zero-order valence-electron chi connectivity index (χ0n) is 11.5. The SMILES string of the molecule is COc1c(Cl)ncnc1NCC1CN2CCCC2CO1. The maximum atomic E-state index is 5.97. The van der Waals surface area contributed by atoms with Crippen molar-refractivity contribution in [1.82, 2.24) is 14.9 Å². The third-order valence-corrected chi connectivity index (χ3v) is 4.19. The minimum atomic E-state index is 0.169. The smallest absolute Gasteiger partial charge is 0.198 e. The van der Waals surface area contributed by atoms with E-state index in [4.69, 9.17) is 21.1 Å². The maximum absolute atomic E-state index is 5.97. The van der Waals surface area contributed by atoms with Gasteiger partial charge in [-0.05, 0) is 19.4 Å². The summed E-state index contributed by atoms with van der Waals surface area (Å²) in [5, 5.41) is 3.56. The lowest BCUT2D eigenvalue weighted by atomic mass is 10.2. The van der Waals surface area contributed by atoms with Gasteiger partial charge in [0.05, 0.1) is 19.8 Å². The largest absolute Gasteiger partial charge is 0.490 e. The van der Waals surface area contributed by atoms with Crippen molar-refractivity contribution in [3.05, 3.63) is 11.5 Å². The molecule has 0 bridgehead atoms. The molecule has 0 aliphatic carbocycles. The second-order valence-corrected chi connectivity index (χ2v) is 5.53. The number of halogens is 1. The summed E-state index contributed by atoms with van der Waals surface area (Å²) in [6.07, 6.45) is 4.13. The summed E-state index contributed by atoms with van der Waals surface area (Å²) in [6.45, 7) is 3.67. The molecule has 2 atom stereocenters. The number of hydrogen-bond acceptors (Lipinski definition) is 6. The number of nitrogens with one attached hydrogen (secondary N) is 1. The topological polar surface area (TPSA) is 59.5 Å². The van der Waals surface area contributed by atoms with Gasteiger partial charge in [-0.15, -0.1) is 0 Å². The fourth-order valence-corrected chi connectivity index (χ4v) is 3.09. The van der Waals surface area contributed by atoms with Crippen LogP contribution >= 0.6 is 11.6 Å². The van der Waals surface area contributed by atoms with Crippen molar-refractivity contribution in [2.45, 2.75) is 25.0 Å². The van der Waals surface area contributed by atoms with Crippen LogP contribution in [-0.2, 0) is 4.74 Å². The summed E-state index contributed by atoms with van der Waals surface area (Å²) < 4.78 is 11.1. The Kier molecular flexibility index (Phi) is 4.24. The molecule has 1 aromatic rings. The van der Waals surface area contributed by atoms with Crippen LogP contribution in [0.15, 0.2) is 6.33 Å². The number of anilines is 1. The average molecular weight is 299 g/mol. The molecular weight excluding hydrogens is 280 g/mol. The number of nitrogens with zero attached hydrogens (tertiary/aromatic N) is 3. The highest BCUT2D eigenvalue weighted by Crippen LogP contribution is 2.29. The van der Waals surface area contributed by atoms with Crippen molar-refractivity contribution in [2.75, 3.05) is 38.7 Å². The summed E-state index contributed by atoms with van der Waals surface area (Å²) in [4.78, 5) is 10.6. The van der Waals surface area contributed by atoms with E-state index in [0.717, 1.165) is 13.2 Å². The molecule has 20 heavy (non-hydrogen) atoms. The standard InChI is InChI=1S/C13H19ClN4O2/c1-19-11-12(14)16-8-17-13(11)15-5-10-6-18-4-2-3-9(18)7-20-10/h8-10H,2-7H2,1H3,(H,15,16,17). The fourth-order valence-electron chi connectivity index (χ4n) is 2.88. The quantitative estimate of drug-likeness (QED) is 0.848. The maximum Gasteiger partial charge on any atom is 0.198 e. The van der Waals surface area contributed by atoms with E-state index in [1.807, 2.05) is 0 Å². The first-order valence-corrected chi connectivity index (χ1v) is 7.29. The number of rotatable bonds is 4. The molecule has 0 radical (unpaired) electrons. The summed E-state index contributed by atoms with van der Waals surface area (Å²) in [6, 6.07) is 0.620. The molecule has 0 amide bonds. The molecule has 2 fully saturated rings. The molecule has 110 valence electrons. The molecule has 3 heterocycles. The molecule has 0 aromatic carbocycles. The molecule has 2 aliphatic rings. The van der Waals surface area contributed by atoms with Crippen LogP contribution in [0.25, 0.3) is 0 Å². The summed E-state index contributed by atoms with van der Waals surface area (Å²) >= 11 is 5.97. The van der Waals surface area contributed by atoms with Crippen LogP contribution < -0.4 is 10.1 Å². The molecule has 1 aromatic heterocycles. The fraction of sp³-hybridized carbons (Fsp3) is 0.692. The van der Waals surface area contributed by atoms with Crippen LogP contribution in [0.3, 0.4) is 0 Å². The Morgan fingerprint density at radius 1 is 1.55 bits per heavy atom. The zero-order valence-corrected chi connectivity index (χ0v) is 12.3. The Bertz CT molecular complexity index is 474. The third-order valence-electron chi connectivity index (χ3n) is 3.92. The first kappa shape index (κ1) is 13.9. The second-order valence-electron chi connectivity index (χ2n) is 5.17. The highest BCUT2D eigenvalue weighted by Gasteiger charge is 2.32. The van der Waals surface area contributed by atoms with Gasteiger partial charge in [0.15, 0.2) is 16.7 Å². The van der Waals surface area contributed by atoms with Crippen LogP contribution in [0.2, 0.25) is 5.15 Å². The van der Waals surface area contributed by atoms with Gasteiger partial charge in [0.25, 0.3) is 0 Å². The van der Waals surface area contributed by atoms with Crippen molar-refractivity contribution < 1.29 is 9.47 Å². The zero-order chi connectivity index (χ0) is 13.9. The summed E-state index contributed by atoms with van der Waals surface area (Å²) in [7, 11) is 1.56. The van der Waals surface area contributed by atoms with Gasteiger partial charge in [0.1, 0.15) is 6.33 Å². The third kappa shape index (κ3) is 2.82. The van der Waals surface area contributed by atoms with E-state index in [2.05, 4.69) is 20.2 Å². The minimum absolute atomic E-state index is 0.169. The van der Waals surface area contributed by atoms with Crippen molar-refractivity contribution >= 4 is 17.4 Å². The number of methoxy groups -OCH3 is 1. The van der Waals surface area contributed by atoms with Gasteiger partial charge in [-0.1, -0.05) is 11.6 Å². The Hall–Kier alpha value is -1.11. The van der Waals surface area contributed by atoms with Crippen molar-refractivity contribution in [3.8, 4) is 5.75 Å². The number of morpholine rings is 1. The molecule has 2 saturated heterocycles. The van der Waals surface area contributed by atoms with Crippen molar-refractivity contribution in [2.24, 2.45) is 0 Å². The average Bonchev–Trinajstić information content (AvgIpc) is 2.92. The number of aromatic nitrogens is 2. The molecule has 2 unspecified atom stereocenters. The lowest BCUT2D eigenvalue weighted by molar-refractivity contribution is -0.0416. The minimum Gasteiger partial charge on any atom is -0.490 e. The molecule has 0 saturated carbocycles. The van der Waals surface area contributed by atoms with E-state index in [-0.39, 0.29) is 6.10 Å². The highest BCUT2D eigenvalue weighted by molar-refractivity contribution is 6.31. The van der Waals surface area contributed by atoms with Gasteiger partial charge in [-0.2, -0.15) is 0 Å². The molecule has 2 aliphatic heterocycles. The number of ether oxygens (including phenoxy) is 2. The predicted molar refractivity (Wildman–Crippen MR) is 76.4 cm³/mol. The molecule has 7 heteroatoms. The first-order valence-electron chi connectivity index (χ1n) is 6.92. The van der Waals surface area contributed by atoms with Gasteiger partial charge in [-0.3, -0.25) is 4.90 Å². The Morgan fingerprint density at radius 2 is 2.45 bits per heavy atom. The normalized spacial score (nSPS) is 26.3. The van der Waals surface area contributed by atoms with Crippen molar-refractivity contribution in [1.29, 1.82) is 0 Å². The van der Waals surface area contributed by atoms with E-state index in [1.54, 1.807) is 7.11 Å². The lowest BCUT2D eigenvalue weighted by Gasteiger charge is -2.35. The molecule has 3 rings (SSSR count). The second kappa shape index (κ2) is 6.11. The number of fused-ring (bicyclic) bond motifs is 1. The van der Waals surface area contributed by atoms with Crippen LogP contribution in [0.5, 0.6) is 5.75 Å². The van der Waals surface area contributed by atoms with E-state index < -0.39 is 0 Å². The number of hydrogen-bond donors (Lipinski definition) is 1. The van der Waals surface area contributed by atoms with Crippen LogP contribution in [0.1, 0.15) is 12.8 Å². The van der Waals surface area contributed by atoms with Gasteiger partial charge >= 0.3 is 0 Å². The monoisotopic (exact) mass is 298 g/mol. The Morgan fingerprint density at radius 3 is 3.30 bits per heavy atom. The lowest BCUT2D eigenvalue weighted by Crippen LogP contribution is -2.48. The van der Waals surface area contributed by atoms with Gasteiger partial charge < -0.3 is 14.8 Å². The van der Waals surface area contributed by atoms with Crippen molar-refractivity contribution in [3.63, 3.8) is 0 Å². The van der Waals surface area contributed by atoms with E-state index in [9.17, 15) is 0 Å². The highest BCUT2D eigenvalue weighted by atomic mass is 35.5. The van der Waals surface area contributed by atoms with E-state index in [0.29, 0.717) is 29.3 Å². The van der Waals surface area contributed by atoms with E-state index >= 15 is 0 Å². The molecule has 6 nitrogen and oxygen atoms in total. The summed E-state index contributed by atoms with van der Waals surface area (Å²) in [5.41, 5.74) is 0. The van der Waals surface area contributed by atoms with Gasteiger partial charge in [-0.25, -0.2) is 9.97 Å². The Balaban J connectivity index is 1.58. The van der Waals surface area contributed by atoms with Crippen LogP contribution in [-0.4, -0.2) is 60.4 Å². The van der Waals surface area contributed by atoms with Crippen LogP contribution in [0, 0.1) is 0 Å². The van der Waals surface area contributed by atoms with Gasteiger partial charge in [0.2, 0.25) is 0 Å². The predicted octanol–water partition coefficient (Wildman–Crippen LogP) is 1.41. The van der Waals surface area contributed by atoms with Gasteiger partial charge in [0, 0.05) is 19.1 Å². The molecular formula is C13H19ClN4O2. The molecule has 1 N–H and O–H groups in total. The molecule has 0 spiro atoms. The Labute approximate surface area is 123 Å². The first-order chi connectivity index (χ1) is 9.78. The van der Waals surface area contributed by atoms with E-state index in [1.165, 1.54) is 25.7 Å². The van der Waals surface area contributed by atoms with Crippen LogP contribution in [0.4, 0.5) is 5.82 Å². The summed E-state index contributed by atoms with van der Waals surface area (Å²) in [5.74, 6) is 1.09.